The zero-order valence-electron chi connectivity index (χ0n) is 8.10. The molecule has 5 heteroatoms. The van der Waals surface area contributed by atoms with Crippen LogP contribution in [-0.4, -0.2) is 27.0 Å². The summed E-state index contributed by atoms with van der Waals surface area (Å²) in [7, 11) is 0. The maximum atomic E-state index is 5.96. The van der Waals surface area contributed by atoms with E-state index in [1.165, 1.54) is 0 Å². The smallest absolute Gasteiger partial charge is 0.0762 e. The van der Waals surface area contributed by atoms with E-state index in [0.29, 0.717) is 0 Å². The van der Waals surface area contributed by atoms with E-state index in [4.69, 9.17) is 5.73 Å². The number of rotatable bonds is 5. The van der Waals surface area contributed by atoms with Crippen molar-refractivity contribution in [2.24, 2.45) is 5.73 Å². The Kier molecular flexibility index (Phi) is 4.24. The highest BCUT2D eigenvalue weighted by atomic mass is 32.2. The molecule has 0 saturated carbocycles. The standard InChI is InChI=1S/C8H16N4S/c1-3-4-12-8(5-10-11-12)7(9)6-13-2/h5,7H,3-4,6,9H2,1-2H3. The topological polar surface area (TPSA) is 56.7 Å². The van der Waals surface area contributed by atoms with Gasteiger partial charge in [-0.1, -0.05) is 12.1 Å². The lowest BCUT2D eigenvalue weighted by atomic mass is 10.2. The van der Waals surface area contributed by atoms with Crippen LogP contribution in [0.4, 0.5) is 0 Å². The third-order valence-corrected chi connectivity index (χ3v) is 2.50. The van der Waals surface area contributed by atoms with E-state index in [9.17, 15) is 0 Å². The quantitative estimate of drug-likeness (QED) is 0.772. The first-order valence-electron chi connectivity index (χ1n) is 4.42. The van der Waals surface area contributed by atoms with Gasteiger partial charge in [0.15, 0.2) is 0 Å². The van der Waals surface area contributed by atoms with Crippen molar-refractivity contribution in [3.05, 3.63) is 11.9 Å². The van der Waals surface area contributed by atoms with Crippen molar-refractivity contribution in [3.63, 3.8) is 0 Å². The minimum atomic E-state index is 0.0524. The van der Waals surface area contributed by atoms with Crippen LogP contribution in [0.3, 0.4) is 0 Å². The second-order valence-electron chi connectivity index (χ2n) is 2.94. The van der Waals surface area contributed by atoms with Gasteiger partial charge in [-0.15, -0.1) is 5.10 Å². The molecule has 74 valence electrons. The second kappa shape index (κ2) is 5.24. The molecule has 1 aromatic rings. The van der Waals surface area contributed by atoms with Gasteiger partial charge in [0.1, 0.15) is 0 Å². The van der Waals surface area contributed by atoms with Gasteiger partial charge in [0.05, 0.1) is 17.9 Å². The summed E-state index contributed by atoms with van der Waals surface area (Å²) in [4.78, 5) is 0. The molecule has 1 rings (SSSR count). The Morgan fingerprint density at radius 3 is 3.08 bits per heavy atom. The third kappa shape index (κ3) is 2.70. The summed E-state index contributed by atoms with van der Waals surface area (Å²) < 4.78 is 1.89. The SMILES string of the molecule is CCCn1nncc1C(N)CSC. The maximum absolute atomic E-state index is 5.96. The van der Waals surface area contributed by atoms with E-state index >= 15 is 0 Å². The van der Waals surface area contributed by atoms with Crippen molar-refractivity contribution in [3.8, 4) is 0 Å². The lowest BCUT2D eigenvalue weighted by Gasteiger charge is -2.10. The van der Waals surface area contributed by atoms with Gasteiger partial charge in [-0.05, 0) is 12.7 Å². The van der Waals surface area contributed by atoms with Crippen molar-refractivity contribution in [2.75, 3.05) is 12.0 Å². The molecule has 0 bridgehead atoms. The van der Waals surface area contributed by atoms with Crippen LogP contribution in [0.2, 0.25) is 0 Å². The molecule has 0 spiro atoms. The fraction of sp³-hybridized carbons (Fsp3) is 0.750. The number of aryl methyl sites for hydroxylation is 1. The highest BCUT2D eigenvalue weighted by Gasteiger charge is 2.11. The van der Waals surface area contributed by atoms with Crippen molar-refractivity contribution in [1.29, 1.82) is 0 Å². The fourth-order valence-electron chi connectivity index (χ4n) is 1.20. The van der Waals surface area contributed by atoms with Crippen LogP contribution in [-0.2, 0) is 6.54 Å². The molecule has 1 aromatic heterocycles. The van der Waals surface area contributed by atoms with E-state index in [1.54, 1.807) is 18.0 Å². The van der Waals surface area contributed by atoms with Gasteiger partial charge in [-0.2, -0.15) is 11.8 Å². The Balaban J connectivity index is 2.68. The minimum absolute atomic E-state index is 0.0524. The summed E-state index contributed by atoms with van der Waals surface area (Å²) in [6.45, 7) is 3.02. The molecular formula is C8H16N4S. The number of thioether (sulfide) groups is 1. The Labute approximate surface area is 82.9 Å². The molecule has 1 unspecified atom stereocenters. The number of nitrogens with two attached hydrogens (primary N) is 1. The van der Waals surface area contributed by atoms with Gasteiger partial charge in [-0.3, -0.25) is 0 Å². The van der Waals surface area contributed by atoms with Crippen molar-refractivity contribution in [1.82, 2.24) is 15.0 Å². The molecule has 0 radical (unpaired) electrons. The Bertz CT molecular complexity index is 248. The Morgan fingerprint density at radius 1 is 1.69 bits per heavy atom. The fourth-order valence-corrected chi connectivity index (χ4v) is 1.73. The van der Waals surface area contributed by atoms with Crippen LogP contribution in [0.15, 0.2) is 6.20 Å². The first-order chi connectivity index (χ1) is 6.29. The van der Waals surface area contributed by atoms with Gasteiger partial charge in [0, 0.05) is 12.3 Å². The van der Waals surface area contributed by atoms with E-state index < -0.39 is 0 Å². The molecule has 0 aliphatic heterocycles. The summed E-state index contributed by atoms with van der Waals surface area (Å²) in [5, 5.41) is 7.85. The molecule has 0 aliphatic carbocycles. The number of aromatic nitrogens is 3. The first-order valence-corrected chi connectivity index (χ1v) is 5.81. The molecule has 0 amide bonds. The molecular weight excluding hydrogens is 184 g/mol. The molecule has 13 heavy (non-hydrogen) atoms. The van der Waals surface area contributed by atoms with Crippen LogP contribution in [0, 0.1) is 0 Å². The van der Waals surface area contributed by atoms with Crippen LogP contribution in [0.1, 0.15) is 25.1 Å². The minimum Gasteiger partial charge on any atom is -0.322 e. The summed E-state index contributed by atoms with van der Waals surface area (Å²) >= 11 is 1.74. The normalized spacial score (nSPS) is 13.2. The van der Waals surface area contributed by atoms with E-state index in [2.05, 4.69) is 17.2 Å². The summed E-state index contributed by atoms with van der Waals surface area (Å²) in [5.41, 5.74) is 7.00. The molecule has 0 fully saturated rings. The lowest BCUT2D eigenvalue weighted by Crippen LogP contribution is -2.18. The van der Waals surface area contributed by atoms with E-state index in [0.717, 1.165) is 24.4 Å². The van der Waals surface area contributed by atoms with Crippen LogP contribution in [0.5, 0.6) is 0 Å². The van der Waals surface area contributed by atoms with Crippen molar-refractivity contribution in [2.45, 2.75) is 25.9 Å². The van der Waals surface area contributed by atoms with Gasteiger partial charge in [0.25, 0.3) is 0 Å². The highest BCUT2D eigenvalue weighted by molar-refractivity contribution is 7.98. The van der Waals surface area contributed by atoms with Crippen molar-refractivity contribution < 1.29 is 0 Å². The largest absolute Gasteiger partial charge is 0.322 e. The summed E-state index contributed by atoms with van der Waals surface area (Å²) in [6.07, 6.45) is 4.87. The Hall–Kier alpha value is -0.550. The zero-order chi connectivity index (χ0) is 9.68. The molecule has 0 saturated heterocycles. The zero-order valence-corrected chi connectivity index (χ0v) is 8.92. The first kappa shape index (κ1) is 10.5. The number of hydrogen-bond donors (Lipinski definition) is 1. The molecule has 0 aliphatic rings. The molecule has 4 nitrogen and oxygen atoms in total. The predicted octanol–water partition coefficient (Wildman–Crippen LogP) is 1.05. The van der Waals surface area contributed by atoms with Crippen LogP contribution >= 0.6 is 11.8 Å². The summed E-state index contributed by atoms with van der Waals surface area (Å²) in [5.74, 6) is 0.914. The Morgan fingerprint density at radius 2 is 2.46 bits per heavy atom. The average Bonchev–Trinajstić information content (AvgIpc) is 2.54. The van der Waals surface area contributed by atoms with E-state index in [1.807, 2.05) is 10.9 Å². The third-order valence-electron chi connectivity index (χ3n) is 1.81. The monoisotopic (exact) mass is 200 g/mol. The lowest BCUT2D eigenvalue weighted by molar-refractivity contribution is 0.539. The maximum Gasteiger partial charge on any atom is 0.0762 e. The molecule has 1 atom stereocenters. The highest BCUT2D eigenvalue weighted by Crippen LogP contribution is 2.12. The number of hydrogen-bond acceptors (Lipinski definition) is 4. The van der Waals surface area contributed by atoms with Gasteiger partial charge in [-0.25, -0.2) is 4.68 Å². The van der Waals surface area contributed by atoms with Crippen LogP contribution < -0.4 is 5.73 Å². The number of nitrogens with zero attached hydrogens (tertiary/aromatic N) is 3. The van der Waals surface area contributed by atoms with E-state index in [-0.39, 0.29) is 6.04 Å². The molecule has 2 N–H and O–H groups in total. The summed E-state index contributed by atoms with van der Waals surface area (Å²) in [6, 6.07) is 0.0524. The van der Waals surface area contributed by atoms with Gasteiger partial charge in [0.2, 0.25) is 0 Å². The second-order valence-corrected chi connectivity index (χ2v) is 3.85. The van der Waals surface area contributed by atoms with Gasteiger partial charge < -0.3 is 5.73 Å². The van der Waals surface area contributed by atoms with Gasteiger partial charge >= 0.3 is 0 Å². The average molecular weight is 200 g/mol. The van der Waals surface area contributed by atoms with Crippen molar-refractivity contribution >= 4 is 11.8 Å². The molecule has 0 aromatic carbocycles. The predicted molar refractivity (Wildman–Crippen MR) is 55.6 cm³/mol. The van der Waals surface area contributed by atoms with Crippen LogP contribution in [0.25, 0.3) is 0 Å². The molecule has 1 heterocycles.